The monoisotopic (exact) mass is 657 g/mol. The van der Waals surface area contributed by atoms with Crippen molar-refractivity contribution in [2.45, 2.75) is 57.6 Å². The number of nitrogens with zero attached hydrogens (tertiary/aromatic N) is 2. The van der Waals surface area contributed by atoms with Crippen molar-refractivity contribution in [2.24, 2.45) is 0 Å². The van der Waals surface area contributed by atoms with E-state index < -0.39 is 28.5 Å². The third-order valence-electron chi connectivity index (χ3n) is 7.68. The van der Waals surface area contributed by atoms with Crippen molar-refractivity contribution in [1.82, 2.24) is 10.2 Å². The number of carbonyl (C=O) groups excluding carboxylic acids is 2. The van der Waals surface area contributed by atoms with E-state index in [4.69, 9.17) is 9.47 Å². The molecule has 1 atom stereocenters. The van der Waals surface area contributed by atoms with Crippen LogP contribution in [0.3, 0.4) is 0 Å². The van der Waals surface area contributed by atoms with Crippen molar-refractivity contribution in [2.75, 3.05) is 25.1 Å². The van der Waals surface area contributed by atoms with Gasteiger partial charge in [-0.2, -0.15) is 0 Å². The van der Waals surface area contributed by atoms with Gasteiger partial charge in [0.05, 0.1) is 24.8 Å². The van der Waals surface area contributed by atoms with Gasteiger partial charge in [-0.3, -0.25) is 13.9 Å². The smallest absolute Gasteiger partial charge is 0.264 e. The normalized spacial score (nSPS) is 11.9. The molecule has 0 unspecified atom stereocenters. The van der Waals surface area contributed by atoms with Gasteiger partial charge in [0, 0.05) is 25.1 Å². The number of amides is 2. The summed E-state index contributed by atoms with van der Waals surface area (Å²) in [5, 5.41) is 2.97. The fourth-order valence-corrected chi connectivity index (χ4v) is 6.70. The van der Waals surface area contributed by atoms with Gasteiger partial charge in [-0.25, -0.2) is 8.42 Å². The number of benzene rings is 4. The van der Waals surface area contributed by atoms with Crippen molar-refractivity contribution in [3.8, 4) is 11.5 Å². The molecule has 0 radical (unpaired) electrons. The van der Waals surface area contributed by atoms with Gasteiger partial charge in [0.2, 0.25) is 11.8 Å². The summed E-state index contributed by atoms with van der Waals surface area (Å²) in [6.45, 7) is 7.00. The van der Waals surface area contributed by atoms with Gasteiger partial charge in [-0.15, -0.1) is 0 Å². The third kappa shape index (κ3) is 8.92. The van der Waals surface area contributed by atoms with Crippen LogP contribution in [0.15, 0.2) is 102 Å². The van der Waals surface area contributed by atoms with E-state index in [-0.39, 0.29) is 41.2 Å². The summed E-state index contributed by atoms with van der Waals surface area (Å²) in [5.41, 5.74) is 3.67. The lowest BCUT2D eigenvalue weighted by Crippen LogP contribution is -2.54. The highest BCUT2D eigenvalue weighted by atomic mass is 32.2. The van der Waals surface area contributed by atoms with E-state index in [1.165, 1.54) is 37.3 Å². The molecule has 0 aliphatic carbocycles. The largest absolute Gasteiger partial charge is 0.497 e. The van der Waals surface area contributed by atoms with Crippen molar-refractivity contribution in [3.05, 3.63) is 119 Å². The second-order valence-electron chi connectivity index (χ2n) is 11.7. The number of sulfonamides is 1. The number of rotatable bonds is 14. The Bertz CT molecular complexity index is 1780. The van der Waals surface area contributed by atoms with Crippen molar-refractivity contribution < 1.29 is 27.5 Å². The highest BCUT2D eigenvalue weighted by Crippen LogP contribution is 2.36. The van der Waals surface area contributed by atoms with Crippen LogP contribution in [-0.4, -0.2) is 58.0 Å². The summed E-state index contributed by atoms with van der Waals surface area (Å²) in [7, 11) is -1.41. The fourth-order valence-electron chi connectivity index (χ4n) is 5.28. The molecule has 10 heteroatoms. The number of ether oxygens (including phenoxy) is 2. The lowest BCUT2D eigenvalue weighted by molar-refractivity contribution is -0.140. The fraction of sp³-hybridized carbons (Fsp3) is 0.297. The topological polar surface area (TPSA) is 105 Å². The van der Waals surface area contributed by atoms with Crippen molar-refractivity contribution >= 4 is 27.5 Å². The lowest BCUT2D eigenvalue weighted by atomic mass is 10.0. The lowest BCUT2D eigenvalue weighted by Gasteiger charge is -2.34. The first kappa shape index (κ1) is 35.0. The molecule has 0 bridgehead atoms. The minimum atomic E-state index is -4.31. The summed E-state index contributed by atoms with van der Waals surface area (Å²) in [6.07, 6.45) is 0.226. The van der Waals surface area contributed by atoms with E-state index in [2.05, 4.69) is 5.32 Å². The van der Waals surface area contributed by atoms with Gasteiger partial charge in [0.1, 0.15) is 24.1 Å². The first-order valence-electron chi connectivity index (χ1n) is 15.4. The number of hydrogen-bond acceptors (Lipinski definition) is 6. The van der Waals surface area contributed by atoms with Gasteiger partial charge in [0.25, 0.3) is 10.0 Å². The first-order valence-corrected chi connectivity index (χ1v) is 16.9. The van der Waals surface area contributed by atoms with E-state index in [1.54, 1.807) is 24.3 Å². The van der Waals surface area contributed by atoms with Crippen LogP contribution in [0.4, 0.5) is 5.69 Å². The standard InChI is InChI=1S/C37H43N3O6S/c1-26(2)38-37(42)34(22-29-12-8-7-9-13-29)39(24-30-14-10-11-28(4)21-30)36(41)25-40(33-23-31(45-5)17-20-35(33)46-6)47(43,44)32-18-15-27(3)16-19-32/h7-21,23,26,34H,22,24-25H2,1-6H3,(H,38,42)/t34-/m1/s1. The van der Waals surface area contributed by atoms with E-state index in [0.717, 1.165) is 26.6 Å². The zero-order valence-corrected chi connectivity index (χ0v) is 28.6. The van der Waals surface area contributed by atoms with Crippen LogP contribution >= 0.6 is 0 Å². The molecule has 0 saturated heterocycles. The van der Waals surface area contributed by atoms with Crippen LogP contribution < -0.4 is 19.1 Å². The van der Waals surface area contributed by atoms with E-state index in [1.807, 2.05) is 82.3 Å². The Morgan fingerprint density at radius 3 is 2.09 bits per heavy atom. The molecule has 0 fully saturated rings. The summed E-state index contributed by atoms with van der Waals surface area (Å²) in [6, 6.07) is 27.2. The van der Waals surface area contributed by atoms with Gasteiger partial charge in [-0.05, 0) is 63.1 Å². The number of methoxy groups -OCH3 is 2. The molecule has 248 valence electrons. The minimum absolute atomic E-state index is 0.00407. The van der Waals surface area contributed by atoms with Gasteiger partial charge < -0.3 is 19.7 Å². The summed E-state index contributed by atoms with van der Waals surface area (Å²) in [5.74, 6) is -0.284. The molecular weight excluding hydrogens is 614 g/mol. The summed E-state index contributed by atoms with van der Waals surface area (Å²) < 4.78 is 40.8. The Morgan fingerprint density at radius 1 is 0.787 bits per heavy atom. The Kier molecular flexibility index (Phi) is 11.7. The molecule has 0 aromatic heterocycles. The molecule has 0 heterocycles. The molecule has 0 aliphatic heterocycles. The molecule has 4 aromatic carbocycles. The predicted molar refractivity (Wildman–Crippen MR) is 184 cm³/mol. The molecule has 47 heavy (non-hydrogen) atoms. The number of nitrogens with one attached hydrogen (secondary N) is 1. The molecule has 0 spiro atoms. The zero-order chi connectivity index (χ0) is 34.1. The number of anilines is 1. The zero-order valence-electron chi connectivity index (χ0n) is 27.8. The van der Waals surface area contributed by atoms with E-state index in [0.29, 0.717) is 5.75 Å². The number of aryl methyl sites for hydroxylation is 2. The van der Waals surface area contributed by atoms with Crippen molar-refractivity contribution in [1.29, 1.82) is 0 Å². The maximum atomic E-state index is 14.7. The van der Waals surface area contributed by atoms with Crippen molar-refractivity contribution in [3.63, 3.8) is 0 Å². The number of hydrogen-bond donors (Lipinski definition) is 1. The van der Waals surface area contributed by atoms with Gasteiger partial charge in [0.15, 0.2) is 0 Å². The molecule has 4 aromatic rings. The molecule has 2 amide bonds. The highest BCUT2D eigenvalue weighted by Gasteiger charge is 2.36. The first-order chi connectivity index (χ1) is 22.4. The maximum absolute atomic E-state index is 14.7. The molecule has 4 rings (SSSR count). The van der Waals surface area contributed by atoms with Gasteiger partial charge >= 0.3 is 0 Å². The Morgan fingerprint density at radius 2 is 1.47 bits per heavy atom. The van der Waals surface area contributed by atoms with Crippen LogP contribution in [0.1, 0.15) is 36.1 Å². The van der Waals surface area contributed by atoms with E-state index >= 15 is 0 Å². The highest BCUT2D eigenvalue weighted by molar-refractivity contribution is 7.92. The third-order valence-corrected chi connectivity index (χ3v) is 9.45. The van der Waals surface area contributed by atoms with Crippen LogP contribution in [-0.2, 0) is 32.6 Å². The second-order valence-corrected chi connectivity index (χ2v) is 13.6. The molecule has 0 aliphatic rings. The van der Waals surface area contributed by atoms with Crippen LogP contribution in [0.5, 0.6) is 11.5 Å². The molecule has 0 saturated carbocycles. The van der Waals surface area contributed by atoms with Crippen LogP contribution in [0, 0.1) is 13.8 Å². The van der Waals surface area contributed by atoms with Crippen LogP contribution in [0.25, 0.3) is 0 Å². The number of carbonyl (C=O) groups is 2. The molecule has 1 N–H and O–H groups in total. The Balaban J connectivity index is 1.87. The Labute approximate surface area is 278 Å². The average molecular weight is 658 g/mol. The molecule has 9 nitrogen and oxygen atoms in total. The quantitative estimate of drug-likeness (QED) is 0.187. The van der Waals surface area contributed by atoms with Gasteiger partial charge in [-0.1, -0.05) is 77.9 Å². The second kappa shape index (κ2) is 15.6. The molecular formula is C37H43N3O6S. The summed E-state index contributed by atoms with van der Waals surface area (Å²) in [4.78, 5) is 30.0. The minimum Gasteiger partial charge on any atom is -0.497 e. The Hall–Kier alpha value is -4.83. The predicted octanol–water partition coefficient (Wildman–Crippen LogP) is 5.68. The van der Waals surface area contributed by atoms with E-state index in [9.17, 15) is 18.0 Å². The SMILES string of the molecule is COc1ccc(OC)c(N(CC(=O)N(Cc2cccc(C)c2)[C@H](Cc2ccccc2)C(=O)NC(C)C)S(=O)(=O)c2ccc(C)cc2)c1. The van der Waals surface area contributed by atoms with Crippen LogP contribution in [0.2, 0.25) is 0 Å². The average Bonchev–Trinajstić information content (AvgIpc) is 3.05. The maximum Gasteiger partial charge on any atom is 0.264 e. The summed E-state index contributed by atoms with van der Waals surface area (Å²) >= 11 is 0.